The maximum absolute atomic E-state index is 11.2. The molecule has 4 heteroatoms. The predicted octanol–water partition coefficient (Wildman–Crippen LogP) is 2.06. The second-order valence-corrected chi connectivity index (χ2v) is 4.94. The van der Waals surface area contributed by atoms with Gasteiger partial charge in [-0.3, -0.25) is 9.78 Å². The number of rotatable bonds is 5. The Labute approximate surface area is 107 Å². The second-order valence-electron chi connectivity index (χ2n) is 4.94. The Morgan fingerprint density at radius 3 is 2.94 bits per heavy atom. The van der Waals surface area contributed by atoms with Crippen LogP contribution >= 0.6 is 0 Å². The van der Waals surface area contributed by atoms with E-state index < -0.39 is 5.97 Å². The van der Waals surface area contributed by atoms with Gasteiger partial charge in [-0.15, -0.1) is 0 Å². The molecule has 2 rings (SSSR count). The monoisotopic (exact) mass is 248 g/mol. The molecule has 1 aliphatic carbocycles. The fourth-order valence-corrected chi connectivity index (χ4v) is 2.67. The van der Waals surface area contributed by atoms with Crippen LogP contribution in [0.4, 0.5) is 0 Å². The van der Waals surface area contributed by atoms with E-state index in [1.165, 1.54) is 0 Å². The van der Waals surface area contributed by atoms with Gasteiger partial charge in [-0.2, -0.15) is 0 Å². The van der Waals surface area contributed by atoms with E-state index in [0.717, 1.165) is 37.9 Å². The average molecular weight is 248 g/mol. The molecule has 4 nitrogen and oxygen atoms in total. The van der Waals surface area contributed by atoms with Crippen molar-refractivity contribution < 1.29 is 9.90 Å². The summed E-state index contributed by atoms with van der Waals surface area (Å²) in [4.78, 5) is 15.4. The maximum Gasteiger partial charge on any atom is 0.306 e. The largest absolute Gasteiger partial charge is 0.481 e. The summed E-state index contributed by atoms with van der Waals surface area (Å²) < 4.78 is 0. The molecule has 1 fully saturated rings. The lowest BCUT2D eigenvalue weighted by molar-refractivity contribution is -0.144. The minimum absolute atomic E-state index is 0.171. The average Bonchev–Trinajstić information content (AvgIpc) is 2.40. The minimum atomic E-state index is -0.640. The molecule has 1 aliphatic rings. The van der Waals surface area contributed by atoms with Gasteiger partial charge in [0.2, 0.25) is 0 Å². The molecule has 1 saturated carbocycles. The highest BCUT2D eigenvalue weighted by Crippen LogP contribution is 2.29. The van der Waals surface area contributed by atoms with Crippen molar-refractivity contribution in [1.82, 2.24) is 10.3 Å². The third kappa shape index (κ3) is 3.53. The minimum Gasteiger partial charge on any atom is -0.481 e. The van der Waals surface area contributed by atoms with Crippen molar-refractivity contribution in [3.8, 4) is 0 Å². The van der Waals surface area contributed by atoms with Gasteiger partial charge in [0.15, 0.2) is 0 Å². The lowest BCUT2D eigenvalue weighted by Gasteiger charge is -2.28. The zero-order chi connectivity index (χ0) is 12.8. The first-order valence-electron chi connectivity index (χ1n) is 6.61. The molecule has 2 unspecified atom stereocenters. The molecule has 0 aromatic carbocycles. The summed E-state index contributed by atoms with van der Waals surface area (Å²) in [6, 6.07) is 5.83. The standard InChI is InChI=1S/C14H20N2O2/c17-14(18)13-7-2-1-5-11(13)9-15-10-12-6-3-4-8-16-12/h3-4,6,8,11,13,15H,1-2,5,7,9-10H2,(H,17,18). The van der Waals surface area contributed by atoms with Crippen LogP contribution in [0, 0.1) is 11.8 Å². The molecule has 0 spiro atoms. The summed E-state index contributed by atoms with van der Waals surface area (Å²) >= 11 is 0. The van der Waals surface area contributed by atoms with Gasteiger partial charge < -0.3 is 10.4 Å². The molecular weight excluding hydrogens is 228 g/mol. The van der Waals surface area contributed by atoms with Crippen molar-refractivity contribution in [2.45, 2.75) is 32.2 Å². The summed E-state index contributed by atoms with van der Waals surface area (Å²) in [5, 5.41) is 12.5. The highest BCUT2D eigenvalue weighted by Gasteiger charge is 2.30. The van der Waals surface area contributed by atoms with E-state index >= 15 is 0 Å². The van der Waals surface area contributed by atoms with Crippen LogP contribution in [0.3, 0.4) is 0 Å². The van der Waals surface area contributed by atoms with Crippen LogP contribution in [-0.4, -0.2) is 22.6 Å². The molecule has 0 radical (unpaired) electrons. The number of nitrogens with zero attached hydrogens (tertiary/aromatic N) is 1. The molecule has 18 heavy (non-hydrogen) atoms. The van der Waals surface area contributed by atoms with Crippen LogP contribution in [0.15, 0.2) is 24.4 Å². The Hall–Kier alpha value is -1.42. The van der Waals surface area contributed by atoms with Gasteiger partial charge in [0, 0.05) is 12.7 Å². The number of carboxylic acid groups (broad SMARTS) is 1. The lowest BCUT2D eigenvalue weighted by atomic mass is 9.79. The van der Waals surface area contributed by atoms with Crippen molar-refractivity contribution in [3.05, 3.63) is 30.1 Å². The van der Waals surface area contributed by atoms with Gasteiger partial charge in [0.1, 0.15) is 0 Å². The van der Waals surface area contributed by atoms with Gasteiger partial charge in [-0.1, -0.05) is 18.9 Å². The molecule has 0 bridgehead atoms. The number of aliphatic carboxylic acids is 1. The van der Waals surface area contributed by atoms with Crippen molar-refractivity contribution >= 4 is 5.97 Å². The number of hydrogen-bond donors (Lipinski definition) is 2. The van der Waals surface area contributed by atoms with E-state index in [2.05, 4.69) is 10.3 Å². The topological polar surface area (TPSA) is 62.2 Å². The predicted molar refractivity (Wildman–Crippen MR) is 69.0 cm³/mol. The van der Waals surface area contributed by atoms with Gasteiger partial charge in [-0.25, -0.2) is 0 Å². The third-order valence-electron chi connectivity index (χ3n) is 3.67. The summed E-state index contributed by atoms with van der Waals surface area (Å²) in [6.45, 7) is 1.48. The van der Waals surface area contributed by atoms with Gasteiger partial charge >= 0.3 is 5.97 Å². The zero-order valence-electron chi connectivity index (χ0n) is 10.5. The smallest absolute Gasteiger partial charge is 0.306 e. The van der Waals surface area contributed by atoms with Crippen LogP contribution in [0.25, 0.3) is 0 Å². The highest BCUT2D eigenvalue weighted by molar-refractivity contribution is 5.70. The molecule has 2 atom stereocenters. The molecule has 1 aromatic rings. The lowest BCUT2D eigenvalue weighted by Crippen LogP contribution is -2.34. The molecule has 0 amide bonds. The second kappa shape index (κ2) is 6.50. The van der Waals surface area contributed by atoms with Crippen LogP contribution < -0.4 is 5.32 Å². The molecule has 1 heterocycles. The first-order chi connectivity index (χ1) is 8.77. The molecule has 0 saturated heterocycles. The van der Waals surface area contributed by atoms with Gasteiger partial charge in [-0.05, 0) is 37.4 Å². The van der Waals surface area contributed by atoms with E-state index in [1.54, 1.807) is 6.20 Å². The van der Waals surface area contributed by atoms with E-state index in [4.69, 9.17) is 0 Å². The fourth-order valence-electron chi connectivity index (χ4n) is 2.67. The van der Waals surface area contributed by atoms with Gasteiger partial charge in [0.05, 0.1) is 11.6 Å². The Kier molecular flexibility index (Phi) is 4.70. The summed E-state index contributed by atoms with van der Waals surface area (Å²) in [6.07, 6.45) is 5.82. The molecular formula is C14H20N2O2. The Bertz CT molecular complexity index is 381. The van der Waals surface area contributed by atoms with Crippen LogP contribution in [-0.2, 0) is 11.3 Å². The fraction of sp³-hybridized carbons (Fsp3) is 0.571. The van der Waals surface area contributed by atoms with Crippen LogP contribution in [0.1, 0.15) is 31.4 Å². The number of nitrogens with one attached hydrogen (secondary N) is 1. The van der Waals surface area contributed by atoms with Gasteiger partial charge in [0.25, 0.3) is 0 Å². The first-order valence-corrected chi connectivity index (χ1v) is 6.61. The number of carbonyl (C=O) groups is 1. The van der Waals surface area contributed by atoms with E-state index in [1.807, 2.05) is 18.2 Å². The summed E-state index contributed by atoms with van der Waals surface area (Å²) in [5.74, 6) is -0.547. The summed E-state index contributed by atoms with van der Waals surface area (Å²) in [7, 11) is 0. The number of pyridine rings is 1. The number of hydrogen-bond acceptors (Lipinski definition) is 3. The molecule has 0 aliphatic heterocycles. The van der Waals surface area contributed by atoms with E-state index in [0.29, 0.717) is 6.54 Å². The first kappa shape index (κ1) is 13.0. The van der Waals surface area contributed by atoms with Crippen LogP contribution in [0.5, 0.6) is 0 Å². The Morgan fingerprint density at radius 2 is 2.22 bits per heavy atom. The van der Waals surface area contributed by atoms with Crippen molar-refractivity contribution in [3.63, 3.8) is 0 Å². The van der Waals surface area contributed by atoms with Crippen molar-refractivity contribution in [1.29, 1.82) is 0 Å². The zero-order valence-corrected chi connectivity index (χ0v) is 10.5. The summed E-state index contributed by atoms with van der Waals surface area (Å²) in [5.41, 5.74) is 1.00. The van der Waals surface area contributed by atoms with Crippen LogP contribution in [0.2, 0.25) is 0 Å². The Morgan fingerprint density at radius 1 is 1.39 bits per heavy atom. The quantitative estimate of drug-likeness (QED) is 0.837. The highest BCUT2D eigenvalue weighted by atomic mass is 16.4. The van der Waals surface area contributed by atoms with E-state index in [-0.39, 0.29) is 11.8 Å². The third-order valence-corrected chi connectivity index (χ3v) is 3.67. The molecule has 98 valence electrons. The normalized spacial score (nSPS) is 23.8. The number of aromatic nitrogens is 1. The SMILES string of the molecule is O=C(O)C1CCCCC1CNCc1ccccn1. The van der Waals surface area contributed by atoms with E-state index in [9.17, 15) is 9.90 Å². The van der Waals surface area contributed by atoms with Crippen molar-refractivity contribution in [2.75, 3.05) is 6.54 Å². The molecule has 1 aromatic heterocycles. The maximum atomic E-state index is 11.2. The molecule has 2 N–H and O–H groups in total. The number of carboxylic acids is 1. The Balaban J connectivity index is 1.79. The van der Waals surface area contributed by atoms with Crippen molar-refractivity contribution in [2.24, 2.45) is 11.8 Å².